The lowest BCUT2D eigenvalue weighted by Crippen LogP contribution is -2.12. The summed E-state index contributed by atoms with van der Waals surface area (Å²) < 4.78 is 5.10. The lowest BCUT2D eigenvalue weighted by Gasteiger charge is -2.07. The van der Waals surface area contributed by atoms with Crippen LogP contribution in [0.15, 0.2) is 24.3 Å². The summed E-state index contributed by atoms with van der Waals surface area (Å²) in [5.74, 6) is 0.264. The zero-order valence-corrected chi connectivity index (χ0v) is 15.0. The molecule has 0 saturated heterocycles. The number of carbonyl (C=O) groups excluding carboxylic acids is 1. The largest absolute Gasteiger partial charge is 0.495 e. The first kappa shape index (κ1) is 16.5. The Labute approximate surface area is 148 Å². The number of aromatic nitrogens is 1. The molecule has 1 amide bonds. The highest BCUT2D eigenvalue weighted by atomic mass is 35.5. The van der Waals surface area contributed by atoms with Crippen LogP contribution < -0.4 is 15.8 Å². The first-order valence-electron chi connectivity index (χ1n) is 7.21. The molecule has 0 unspecified atom stereocenters. The molecule has 0 aliphatic heterocycles. The molecule has 1 aromatic carbocycles. The van der Waals surface area contributed by atoms with E-state index < -0.39 is 0 Å². The number of nitrogens with two attached hydrogens (primary N) is 1. The molecule has 3 aromatic rings. The van der Waals surface area contributed by atoms with Gasteiger partial charge in [0.2, 0.25) is 0 Å². The first-order chi connectivity index (χ1) is 11.4. The van der Waals surface area contributed by atoms with Crippen LogP contribution in [0.3, 0.4) is 0 Å². The highest BCUT2D eigenvalue weighted by Crippen LogP contribution is 2.35. The summed E-state index contributed by atoms with van der Waals surface area (Å²) in [6.45, 7) is 3.88. The van der Waals surface area contributed by atoms with Gasteiger partial charge in [-0.25, -0.2) is 4.98 Å². The van der Waals surface area contributed by atoms with Gasteiger partial charge >= 0.3 is 0 Å². The highest BCUT2D eigenvalue weighted by Gasteiger charge is 2.19. The number of pyridine rings is 1. The molecule has 2 heterocycles. The Morgan fingerprint density at radius 3 is 2.75 bits per heavy atom. The third-order valence-electron chi connectivity index (χ3n) is 3.64. The van der Waals surface area contributed by atoms with Gasteiger partial charge in [0.15, 0.2) is 0 Å². The van der Waals surface area contributed by atoms with Crippen LogP contribution in [0.1, 0.15) is 20.9 Å². The number of halogens is 1. The van der Waals surface area contributed by atoms with E-state index in [1.807, 2.05) is 19.9 Å². The number of methoxy groups -OCH3 is 1. The third-order valence-corrected chi connectivity index (χ3v) is 5.03. The predicted octanol–water partition coefficient (Wildman–Crippen LogP) is 4.41. The van der Waals surface area contributed by atoms with E-state index in [1.54, 1.807) is 18.2 Å². The minimum Gasteiger partial charge on any atom is -0.495 e. The van der Waals surface area contributed by atoms with Gasteiger partial charge in [-0.1, -0.05) is 11.6 Å². The Morgan fingerprint density at radius 1 is 1.33 bits per heavy atom. The summed E-state index contributed by atoms with van der Waals surface area (Å²) in [5.41, 5.74) is 9.12. The second-order valence-corrected chi connectivity index (χ2v) is 6.82. The van der Waals surface area contributed by atoms with Crippen molar-refractivity contribution in [1.29, 1.82) is 0 Å². The fraction of sp³-hybridized carbons (Fsp3) is 0.176. The van der Waals surface area contributed by atoms with Gasteiger partial charge in [-0.3, -0.25) is 4.79 Å². The number of amides is 1. The Bertz CT molecular complexity index is 953. The SMILES string of the molecule is COc1ccc(NC(=O)c2sc3nc(C)cc(C)c3c2N)cc1Cl. The molecule has 0 atom stereocenters. The van der Waals surface area contributed by atoms with Crippen LogP contribution in [0, 0.1) is 13.8 Å². The van der Waals surface area contributed by atoms with Crippen LogP contribution in [-0.2, 0) is 0 Å². The number of rotatable bonds is 3. The smallest absolute Gasteiger partial charge is 0.267 e. The van der Waals surface area contributed by atoms with Gasteiger partial charge in [-0.2, -0.15) is 0 Å². The molecule has 3 N–H and O–H groups in total. The topological polar surface area (TPSA) is 77.2 Å². The number of fused-ring (bicyclic) bond motifs is 1. The molecule has 0 radical (unpaired) electrons. The summed E-state index contributed by atoms with van der Waals surface area (Å²) in [6.07, 6.45) is 0. The van der Waals surface area contributed by atoms with Crippen molar-refractivity contribution in [2.24, 2.45) is 0 Å². The zero-order chi connectivity index (χ0) is 17.4. The van der Waals surface area contributed by atoms with Crippen LogP contribution in [0.5, 0.6) is 5.75 Å². The number of thiophene rings is 1. The number of nitrogens with one attached hydrogen (secondary N) is 1. The number of ether oxygens (including phenoxy) is 1. The first-order valence-corrected chi connectivity index (χ1v) is 8.41. The van der Waals surface area contributed by atoms with Crippen LogP contribution >= 0.6 is 22.9 Å². The molecule has 0 spiro atoms. The number of hydrogen-bond donors (Lipinski definition) is 2. The molecular weight excluding hydrogens is 346 g/mol. The van der Waals surface area contributed by atoms with Crippen LogP contribution in [0.4, 0.5) is 11.4 Å². The summed E-state index contributed by atoms with van der Waals surface area (Å²) >= 11 is 7.37. The number of hydrogen-bond acceptors (Lipinski definition) is 5. The molecule has 5 nitrogen and oxygen atoms in total. The Hall–Kier alpha value is -2.31. The Balaban J connectivity index is 1.96. The molecule has 0 aliphatic rings. The van der Waals surface area contributed by atoms with E-state index in [1.165, 1.54) is 18.4 Å². The maximum absolute atomic E-state index is 12.6. The second-order valence-electron chi connectivity index (χ2n) is 5.41. The molecule has 0 saturated carbocycles. The van der Waals surface area contributed by atoms with Gasteiger partial charge in [0.25, 0.3) is 5.91 Å². The van der Waals surface area contributed by atoms with Crippen molar-refractivity contribution in [3.05, 3.63) is 45.4 Å². The average Bonchev–Trinajstić information content (AvgIpc) is 2.84. The fourth-order valence-electron chi connectivity index (χ4n) is 2.57. The second kappa shape index (κ2) is 6.30. The monoisotopic (exact) mass is 361 g/mol. The van der Waals surface area contributed by atoms with E-state index in [-0.39, 0.29) is 5.91 Å². The van der Waals surface area contributed by atoms with Gasteiger partial charge < -0.3 is 15.8 Å². The molecule has 0 aliphatic carbocycles. The van der Waals surface area contributed by atoms with E-state index in [0.717, 1.165) is 21.5 Å². The van der Waals surface area contributed by atoms with Gasteiger partial charge in [-0.15, -0.1) is 11.3 Å². The molecule has 2 aromatic heterocycles. The van der Waals surface area contributed by atoms with Crippen molar-refractivity contribution in [3.8, 4) is 5.75 Å². The number of benzene rings is 1. The summed E-state index contributed by atoms with van der Waals surface area (Å²) in [5, 5.41) is 4.07. The molecular formula is C17H16ClN3O2S. The lowest BCUT2D eigenvalue weighted by atomic mass is 10.1. The van der Waals surface area contributed by atoms with Crippen LogP contribution in [-0.4, -0.2) is 18.0 Å². The number of nitrogens with zero attached hydrogens (tertiary/aromatic N) is 1. The lowest BCUT2D eigenvalue weighted by molar-refractivity contribution is 0.103. The van der Waals surface area contributed by atoms with Gasteiger partial charge in [-0.05, 0) is 43.7 Å². The molecule has 7 heteroatoms. The van der Waals surface area contributed by atoms with E-state index in [9.17, 15) is 4.79 Å². The van der Waals surface area contributed by atoms with Crippen LogP contribution in [0.25, 0.3) is 10.2 Å². The van der Waals surface area contributed by atoms with Crippen molar-refractivity contribution >= 4 is 50.4 Å². The summed E-state index contributed by atoms with van der Waals surface area (Å²) in [6, 6.07) is 7.01. The van der Waals surface area contributed by atoms with Crippen molar-refractivity contribution < 1.29 is 9.53 Å². The van der Waals surface area contributed by atoms with Crippen molar-refractivity contribution in [2.45, 2.75) is 13.8 Å². The third kappa shape index (κ3) is 2.90. The fourth-order valence-corrected chi connectivity index (χ4v) is 3.94. The van der Waals surface area contributed by atoms with Gasteiger partial charge in [0.05, 0.1) is 17.8 Å². The Morgan fingerprint density at radius 2 is 2.08 bits per heavy atom. The van der Waals surface area contributed by atoms with Gasteiger partial charge in [0.1, 0.15) is 15.5 Å². The molecule has 0 fully saturated rings. The molecule has 0 bridgehead atoms. The minimum absolute atomic E-state index is 0.284. The normalized spacial score (nSPS) is 10.8. The number of anilines is 2. The van der Waals surface area contributed by atoms with Crippen LogP contribution in [0.2, 0.25) is 5.02 Å². The minimum atomic E-state index is -0.284. The maximum atomic E-state index is 12.6. The quantitative estimate of drug-likeness (QED) is 0.724. The summed E-state index contributed by atoms with van der Waals surface area (Å²) in [7, 11) is 1.54. The molecule has 24 heavy (non-hydrogen) atoms. The number of carbonyl (C=O) groups is 1. The standard InChI is InChI=1S/C17H16ClN3O2S/c1-8-6-9(2)20-17-13(8)14(19)15(24-17)16(22)21-10-4-5-12(23-3)11(18)7-10/h4-7H,19H2,1-3H3,(H,21,22). The average molecular weight is 362 g/mol. The summed E-state index contributed by atoms with van der Waals surface area (Å²) in [4.78, 5) is 18.3. The van der Waals surface area contributed by atoms with E-state index >= 15 is 0 Å². The van der Waals surface area contributed by atoms with Crippen molar-refractivity contribution in [1.82, 2.24) is 4.98 Å². The number of aryl methyl sites for hydroxylation is 2. The van der Waals surface area contributed by atoms with Gasteiger partial charge in [0, 0.05) is 16.8 Å². The number of nitrogen functional groups attached to an aromatic ring is 1. The van der Waals surface area contributed by atoms with E-state index in [0.29, 0.717) is 27.0 Å². The van der Waals surface area contributed by atoms with Crippen molar-refractivity contribution in [2.75, 3.05) is 18.2 Å². The zero-order valence-electron chi connectivity index (χ0n) is 13.4. The van der Waals surface area contributed by atoms with E-state index in [4.69, 9.17) is 22.1 Å². The highest BCUT2D eigenvalue weighted by molar-refractivity contribution is 7.21. The predicted molar refractivity (Wildman–Crippen MR) is 99.5 cm³/mol. The molecule has 3 rings (SSSR count). The van der Waals surface area contributed by atoms with Crippen molar-refractivity contribution in [3.63, 3.8) is 0 Å². The van der Waals surface area contributed by atoms with E-state index in [2.05, 4.69) is 10.3 Å². The maximum Gasteiger partial charge on any atom is 0.267 e. The molecule has 124 valence electrons. The Kier molecular flexibility index (Phi) is 4.34.